The molecule has 0 aliphatic heterocycles. The summed E-state index contributed by atoms with van der Waals surface area (Å²) in [5.74, 6) is 0.443. The van der Waals surface area contributed by atoms with Crippen molar-refractivity contribution in [3.63, 3.8) is 0 Å². The summed E-state index contributed by atoms with van der Waals surface area (Å²) < 4.78 is 1.88. The van der Waals surface area contributed by atoms with Crippen LogP contribution in [0.15, 0.2) is 6.20 Å². The van der Waals surface area contributed by atoms with Crippen LogP contribution in [-0.4, -0.2) is 28.0 Å². The number of nitrogens with one attached hydrogen (secondary N) is 1. The number of aliphatic hydroxyl groups excluding tert-OH is 1. The van der Waals surface area contributed by atoms with Gasteiger partial charge in [0.05, 0.1) is 5.69 Å². The van der Waals surface area contributed by atoms with E-state index >= 15 is 0 Å². The van der Waals surface area contributed by atoms with Crippen LogP contribution in [0.4, 0.5) is 0 Å². The zero-order valence-corrected chi connectivity index (χ0v) is 13.0. The molecule has 0 amide bonds. The van der Waals surface area contributed by atoms with Crippen LogP contribution >= 0.6 is 0 Å². The Hall–Kier alpha value is -0.870. The van der Waals surface area contributed by atoms with Crippen molar-refractivity contribution in [1.82, 2.24) is 15.1 Å². The largest absolute Gasteiger partial charge is 0.396 e. The molecule has 1 aromatic heterocycles. The maximum atomic E-state index is 9.56. The molecule has 1 rings (SSSR count). The molecule has 0 bridgehead atoms. The number of rotatable bonds is 8. The molecule has 0 aliphatic rings. The number of hydrogen-bond acceptors (Lipinski definition) is 3. The van der Waals surface area contributed by atoms with Crippen LogP contribution in [-0.2, 0) is 13.6 Å². The van der Waals surface area contributed by atoms with E-state index < -0.39 is 0 Å². The van der Waals surface area contributed by atoms with Crippen molar-refractivity contribution in [3.05, 3.63) is 17.5 Å². The molecule has 0 radical (unpaired) electrons. The van der Waals surface area contributed by atoms with Crippen LogP contribution in [0.3, 0.4) is 0 Å². The van der Waals surface area contributed by atoms with Gasteiger partial charge in [0.1, 0.15) is 0 Å². The second-order valence-electron chi connectivity index (χ2n) is 5.84. The average Bonchev–Trinajstić information content (AvgIpc) is 2.77. The lowest BCUT2D eigenvalue weighted by Gasteiger charge is -2.29. The summed E-state index contributed by atoms with van der Waals surface area (Å²) in [5.41, 5.74) is 2.44. The van der Waals surface area contributed by atoms with Gasteiger partial charge in [0.15, 0.2) is 0 Å². The minimum atomic E-state index is 0.0141. The third kappa shape index (κ3) is 4.05. The van der Waals surface area contributed by atoms with E-state index in [1.54, 1.807) is 0 Å². The highest BCUT2D eigenvalue weighted by Crippen LogP contribution is 2.25. The fourth-order valence-corrected chi connectivity index (χ4v) is 2.42. The first-order valence-electron chi connectivity index (χ1n) is 7.32. The van der Waals surface area contributed by atoms with Gasteiger partial charge < -0.3 is 10.4 Å². The molecule has 19 heavy (non-hydrogen) atoms. The molecule has 1 aromatic rings. The minimum absolute atomic E-state index is 0.0141. The molecule has 0 saturated carbocycles. The molecule has 2 N–H and O–H groups in total. The fourth-order valence-electron chi connectivity index (χ4n) is 2.42. The Bertz CT molecular complexity index is 372. The van der Waals surface area contributed by atoms with Crippen LogP contribution in [0.1, 0.15) is 57.7 Å². The molecule has 0 aliphatic carbocycles. The highest BCUT2D eigenvalue weighted by Gasteiger charge is 2.24. The van der Waals surface area contributed by atoms with E-state index in [2.05, 4.69) is 44.3 Å². The van der Waals surface area contributed by atoms with Gasteiger partial charge in [0.2, 0.25) is 0 Å². The normalized spacial score (nSPS) is 12.4. The molecule has 110 valence electrons. The van der Waals surface area contributed by atoms with Crippen molar-refractivity contribution in [3.8, 4) is 0 Å². The molecular formula is C15H29N3O. The van der Waals surface area contributed by atoms with Gasteiger partial charge in [-0.2, -0.15) is 5.10 Å². The van der Waals surface area contributed by atoms with Crippen molar-refractivity contribution in [2.24, 2.45) is 12.5 Å². The highest BCUT2D eigenvalue weighted by atomic mass is 16.3. The summed E-state index contributed by atoms with van der Waals surface area (Å²) in [6, 6.07) is 0. The van der Waals surface area contributed by atoms with Crippen LogP contribution < -0.4 is 5.32 Å². The van der Waals surface area contributed by atoms with Crippen LogP contribution in [0.5, 0.6) is 0 Å². The Balaban J connectivity index is 2.62. The van der Waals surface area contributed by atoms with Gasteiger partial charge in [-0.25, -0.2) is 0 Å². The summed E-state index contributed by atoms with van der Waals surface area (Å²) in [4.78, 5) is 0. The van der Waals surface area contributed by atoms with E-state index in [0.29, 0.717) is 5.92 Å². The van der Waals surface area contributed by atoms with Crippen LogP contribution in [0.2, 0.25) is 0 Å². The van der Waals surface area contributed by atoms with E-state index in [4.69, 9.17) is 0 Å². The molecule has 1 heterocycles. The van der Waals surface area contributed by atoms with E-state index in [0.717, 1.165) is 31.6 Å². The Labute approximate surface area is 117 Å². The van der Waals surface area contributed by atoms with Crippen molar-refractivity contribution in [2.45, 2.75) is 53.0 Å². The van der Waals surface area contributed by atoms with Gasteiger partial charge in [-0.1, -0.05) is 27.7 Å². The average molecular weight is 267 g/mol. The maximum absolute atomic E-state index is 9.56. The first-order chi connectivity index (χ1) is 8.98. The van der Waals surface area contributed by atoms with Crippen molar-refractivity contribution in [2.75, 3.05) is 13.2 Å². The van der Waals surface area contributed by atoms with Gasteiger partial charge >= 0.3 is 0 Å². The summed E-state index contributed by atoms with van der Waals surface area (Å²) in [7, 11) is 1.96. The zero-order chi connectivity index (χ0) is 14.5. The summed E-state index contributed by atoms with van der Waals surface area (Å²) in [6.45, 7) is 10.5. The van der Waals surface area contributed by atoms with E-state index in [-0.39, 0.29) is 12.0 Å². The van der Waals surface area contributed by atoms with E-state index in [9.17, 15) is 5.11 Å². The summed E-state index contributed by atoms with van der Waals surface area (Å²) in [5, 5.41) is 17.6. The molecule has 0 fully saturated rings. The topological polar surface area (TPSA) is 50.1 Å². The van der Waals surface area contributed by atoms with E-state index in [1.807, 2.05) is 11.7 Å². The van der Waals surface area contributed by atoms with Gasteiger partial charge in [-0.3, -0.25) is 4.68 Å². The molecule has 4 heteroatoms. The zero-order valence-electron chi connectivity index (χ0n) is 13.0. The Morgan fingerprint density at radius 3 is 2.47 bits per heavy atom. The number of hydrogen-bond donors (Lipinski definition) is 2. The van der Waals surface area contributed by atoms with Gasteiger partial charge in [-0.15, -0.1) is 0 Å². The monoisotopic (exact) mass is 267 g/mol. The smallest absolute Gasteiger partial charge is 0.0694 e. The molecule has 0 saturated heterocycles. The maximum Gasteiger partial charge on any atom is 0.0694 e. The summed E-state index contributed by atoms with van der Waals surface area (Å²) >= 11 is 0. The fraction of sp³-hybridized carbons (Fsp3) is 0.800. The van der Waals surface area contributed by atoms with Gasteiger partial charge in [0, 0.05) is 43.9 Å². The van der Waals surface area contributed by atoms with Crippen molar-refractivity contribution in [1.29, 1.82) is 0 Å². The lowest BCUT2D eigenvalue weighted by atomic mass is 9.83. The Morgan fingerprint density at radius 2 is 2.00 bits per heavy atom. The SMILES string of the molecule is CCC(CC)(CO)CNCc1cn(C)nc1C(C)C. The first kappa shape index (κ1) is 16.2. The summed E-state index contributed by atoms with van der Waals surface area (Å²) in [6.07, 6.45) is 4.08. The second kappa shape index (κ2) is 7.06. The third-order valence-electron chi connectivity index (χ3n) is 4.13. The van der Waals surface area contributed by atoms with E-state index in [1.165, 1.54) is 5.56 Å². The number of aryl methyl sites for hydroxylation is 1. The number of aliphatic hydroxyl groups is 1. The number of aromatic nitrogens is 2. The standard InChI is InChI=1S/C15H29N3O/c1-6-15(7-2,11-19)10-16-8-13-9-18(5)17-14(13)12(3)4/h9,12,16,19H,6-8,10-11H2,1-5H3. The quantitative estimate of drug-likeness (QED) is 0.760. The molecular weight excluding hydrogens is 238 g/mol. The lowest BCUT2D eigenvalue weighted by Crippen LogP contribution is -2.36. The molecule has 0 atom stereocenters. The first-order valence-corrected chi connectivity index (χ1v) is 7.32. The number of nitrogens with zero attached hydrogens (tertiary/aromatic N) is 2. The minimum Gasteiger partial charge on any atom is -0.396 e. The van der Waals surface area contributed by atoms with Crippen LogP contribution in [0.25, 0.3) is 0 Å². The Kier molecular flexibility index (Phi) is 6.01. The molecule has 0 unspecified atom stereocenters. The third-order valence-corrected chi connectivity index (χ3v) is 4.13. The van der Waals surface area contributed by atoms with Crippen molar-refractivity contribution >= 4 is 0 Å². The molecule has 0 spiro atoms. The Morgan fingerprint density at radius 1 is 1.37 bits per heavy atom. The van der Waals surface area contributed by atoms with Crippen LogP contribution in [0, 0.1) is 5.41 Å². The second-order valence-corrected chi connectivity index (χ2v) is 5.84. The molecule has 4 nitrogen and oxygen atoms in total. The predicted molar refractivity (Wildman–Crippen MR) is 79.1 cm³/mol. The lowest BCUT2D eigenvalue weighted by molar-refractivity contribution is 0.113. The molecule has 0 aromatic carbocycles. The van der Waals surface area contributed by atoms with Gasteiger partial charge in [0.25, 0.3) is 0 Å². The van der Waals surface area contributed by atoms with Crippen molar-refractivity contribution < 1.29 is 5.11 Å². The van der Waals surface area contributed by atoms with Gasteiger partial charge in [-0.05, 0) is 18.8 Å². The highest BCUT2D eigenvalue weighted by molar-refractivity contribution is 5.19. The predicted octanol–water partition coefficient (Wildman–Crippen LogP) is 2.43.